The normalized spacial score (nSPS) is 10.4. The predicted molar refractivity (Wildman–Crippen MR) is 84.1 cm³/mol. The van der Waals surface area contributed by atoms with Crippen LogP contribution >= 0.6 is 22.6 Å². The fourth-order valence-corrected chi connectivity index (χ4v) is 2.27. The number of benzene rings is 2. The number of aromatic hydroxyl groups is 1. The molecule has 3 heteroatoms. The lowest BCUT2D eigenvalue weighted by atomic mass is 10.1. The number of aryl methyl sites for hydroxylation is 2. The first-order chi connectivity index (χ1) is 8.56. The summed E-state index contributed by atoms with van der Waals surface area (Å²) in [4.78, 5) is 0. The molecule has 2 nitrogen and oxygen atoms in total. The smallest absolute Gasteiger partial charge is 0.120 e. The Hall–Kier alpha value is -1.23. The maximum absolute atomic E-state index is 9.77. The zero-order chi connectivity index (χ0) is 13.1. The third-order valence-electron chi connectivity index (χ3n) is 2.89. The molecule has 2 N–H and O–H groups in total. The molecule has 0 radical (unpaired) electrons. The van der Waals surface area contributed by atoms with Gasteiger partial charge in [0.05, 0.1) is 0 Å². The largest absolute Gasteiger partial charge is 0.508 e. The summed E-state index contributed by atoms with van der Waals surface area (Å²) >= 11 is 2.33. The summed E-state index contributed by atoms with van der Waals surface area (Å²) in [5.41, 5.74) is 4.43. The van der Waals surface area contributed by atoms with Crippen LogP contribution in [0.4, 0.5) is 5.69 Å². The molecule has 0 aliphatic carbocycles. The molecule has 0 spiro atoms. The molecule has 0 aromatic heterocycles. The van der Waals surface area contributed by atoms with Crippen LogP contribution in [0.3, 0.4) is 0 Å². The summed E-state index contributed by atoms with van der Waals surface area (Å²) in [6.07, 6.45) is 0. The van der Waals surface area contributed by atoms with Crippen LogP contribution in [0.25, 0.3) is 0 Å². The van der Waals surface area contributed by atoms with Gasteiger partial charge in [0.25, 0.3) is 0 Å². The first kappa shape index (κ1) is 13.2. The summed E-state index contributed by atoms with van der Waals surface area (Å²) < 4.78 is 1.24. The zero-order valence-corrected chi connectivity index (χ0v) is 12.7. The molecule has 0 fully saturated rings. The lowest BCUT2D eigenvalue weighted by molar-refractivity contribution is 0.469. The Morgan fingerprint density at radius 2 is 1.89 bits per heavy atom. The molecule has 0 saturated carbocycles. The Bertz CT molecular complexity index is 566. The highest BCUT2D eigenvalue weighted by Crippen LogP contribution is 2.21. The molecular formula is C15H16INO. The molecule has 0 aliphatic heterocycles. The van der Waals surface area contributed by atoms with Crippen molar-refractivity contribution in [2.75, 3.05) is 5.32 Å². The van der Waals surface area contributed by atoms with Gasteiger partial charge >= 0.3 is 0 Å². The van der Waals surface area contributed by atoms with Gasteiger partial charge in [-0.15, -0.1) is 0 Å². The molecule has 0 heterocycles. The van der Waals surface area contributed by atoms with E-state index in [2.05, 4.69) is 53.0 Å². The van der Waals surface area contributed by atoms with Crippen molar-refractivity contribution in [2.24, 2.45) is 0 Å². The van der Waals surface area contributed by atoms with E-state index in [0.717, 1.165) is 16.8 Å². The number of anilines is 1. The monoisotopic (exact) mass is 353 g/mol. The summed E-state index contributed by atoms with van der Waals surface area (Å²) in [5, 5.41) is 13.1. The molecule has 18 heavy (non-hydrogen) atoms. The number of hydrogen-bond donors (Lipinski definition) is 2. The second-order valence-corrected chi connectivity index (χ2v) is 5.61. The van der Waals surface area contributed by atoms with E-state index in [0.29, 0.717) is 12.3 Å². The molecule has 0 bridgehead atoms. The molecule has 2 aromatic rings. The van der Waals surface area contributed by atoms with Crippen LogP contribution in [0.5, 0.6) is 5.75 Å². The number of phenols is 1. The van der Waals surface area contributed by atoms with E-state index in [9.17, 15) is 5.11 Å². The van der Waals surface area contributed by atoms with Crippen molar-refractivity contribution in [3.8, 4) is 5.75 Å². The first-order valence-electron chi connectivity index (χ1n) is 5.85. The van der Waals surface area contributed by atoms with Gasteiger partial charge in [-0.2, -0.15) is 0 Å². The van der Waals surface area contributed by atoms with Crippen molar-refractivity contribution in [1.29, 1.82) is 0 Å². The van der Waals surface area contributed by atoms with Gasteiger partial charge in [0.15, 0.2) is 0 Å². The summed E-state index contributed by atoms with van der Waals surface area (Å²) in [6.45, 7) is 4.75. The molecule has 94 valence electrons. The second kappa shape index (κ2) is 5.61. The van der Waals surface area contributed by atoms with Gasteiger partial charge in [-0.05, 0) is 60.2 Å². The highest BCUT2D eigenvalue weighted by molar-refractivity contribution is 14.1. The molecule has 0 saturated heterocycles. The van der Waals surface area contributed by atoms with Crippen LogP contribution < -0.4 is 5.32 Å². The maximum atomic E-state index is 9.77. The average molecular weight is 353 g/mol. The highest BCUT2D eigenvalue weighted by atomic mass is 127. The Labute approximate surface area is 121 Å². The third kappa shape index (κ3) is 3.16. The fraction of sp³-hybridized carbons (Fsp3) is 0.200. The number of phenolic OH excluding ortho intramolecular Hbond substituents is 1. The van der Waals surface area contributed by atoms with Gasteiger partial charge < -0.3 is 10.4 Å². The van der Waals surface area contributed by atoms with Crippen molar-refractivity contribution in [3.63, 3.8) is 0 Å². The summed E-state index contributed by atoms with van der Waals surface area (Å²) in [6, 6.07) is 11.9. The van der Waals surface area contributed by atoms with Crippen molar-refractivity contribution < 1.29 is 5.11 Å². The van der Waals surface area contributed by atoms with Gasteiger partial charge in [-0.3, -0.25) is 0 Å². The molecule has 0 amide bonds. The molecule has 2 rings (SSSR count). The molecule has 0 atom stereocenters. The van der Waals surface area contributed by atoms with Crippen molar-refractivity contribution in [3.05, 3.63) is 56.7 Å². The number of halogens is 1. The van der Waals surface area contributed by atoms with Crippen LogP contribution in [0.1, 0.15) is 16.7 Å². The maximum Gasteiger partial charge on any atom is 0.120 e. The molecule has 2 aromatic carbocycles. The van der Waals surface area contributed by atoms with Gasteiger partial charge in [-0.25, -0.2) is 0 Å². The Balaban J connectivity index is 2.11. The topological polar surface area (TPSA) is 32.3 Å². The number of nitrogens with one attached hydrogen (secondary N) is 1. The lowest BCUT2D eigenvalue weighted by Crippen LogP contribution is -2.00. The first-order valence-corrected chi connectivity index (χ1v) is 6.92. The highest BCUT2D eigenvalue weighted by Gasteiger charge is 2.02. The molecule has 0 aliphatic rings. The van der Waals surface area contributed by atoms with Crippen LogP contribution in [-0.4, -0.2) is 5.11 Å². The van der Waals surface area contributed by atoms with Crippen molar-refractivity contribution >= 4 is 28.3 Å². The number of rotatable bonds is 3. The van der Waals surface area contributed by atoms with Gasteiger partial charge in [-0.1, -0.05) is 23.8 Å². The Morgan fingerprint density at radius 3 is 2.61 bits per heavy atom. The Morgan fingerprint density at radius 1 is 1.11 bits per heavy atom. The minimum absolute atomic E-state index is 0.343. The quantitative estimate of drug-likeness (QED) is 0.810. The summed E-state index contributed by atoms with van der Waals surface area (Å²) in [5.74, 6) is 0.343. The average Bonchev–Trinajstić information content (AvgIpc) is 2.34. The molecule has 0 unspecified atom stereocenters. The van der Waals surface area contributed by atoms with E-state index in [1.807, 2.05) is 19.1 Å². The van der Waals surface area contributed by atoms with E-state index in [4.69, 9.17) is 0 Å². The van der Waals surface area contributed by atoms with Crippen LogP contribution in [0.2, 0.25) is 0 Å². The van der Waals surface area contributed by atoms with E-state index in [1.165, 1.54) is 9.13 Å². The third-order valence-corrected chi connectivity index (χ3v) is 4.05. The SMILES string of the molecule is Cc1ccc(O)c(CNc2ccc(C)c(I)c2)c1. The zero-order valence-electron chi connectivity index (χ0n) is 10.5. The van der Waals surface area contributed by atoms with Crippen LogP contribution in [-0.2, 0) is 6.54 Å². The van der Waals surface area contributed by atoms with Crippen LogP contribution in [0.15, 0.2) is 36.4 Å². The molecular weight excluding hydrogens is 337 g/mol. The van der Waals surface area contributed by atoms with E-state index in [-0.39, 0.29) is 0 Å². The minimum Gasteiger partial charge on any atom is -0.508 e. The lowest BCUT2D eigenvalue weighted by Gasteiger charge is -2.10. The van der Waals surface area contributed by atoms with Crippen molar-refractivity contribution in [2.45, 2.75) is 20.4 Å². The van der Waals surface area contributed by atoms with Gasteiger partial charge in [0.2, 0.25) is 0 Å². The van der Waals surface area contributed by atoms with Crippen LogP contribution in [0, 0.1) is 17.4 Å². The number of hydrogen-bond acceptors (Lipinski definition) is 2. The van der Waals surface area contributed by atoms with Gasteiger partial charge in [0, 0.05) is 21.4 Å². The second-order valence-electron chi connectivity index (χ2n) is 4.45. The van der Waals surface area contributed by atoms with E-state index in [1.54, 1.807) is 6.07 Å². The van der Waals surface area contributed by atoms with E-state index < -0.39 is 0 Å². The minimum atomic E-state index is 0.343. The fourth-order valence-electron chi connectivity index (χ4n) is 1.76. The van der Waals surface area contributed by atoms with Crippen molar-refractivity contribution in [1.82, 2.24) is 0 Å². The summed E-state index contributed by atoms with van der Waals surface area (Å²) in [7, 11) is 0. The Kier molecular flexibility index (Phi) is 4.11. The predicted octanol–water partition coefficient (Wildman–Crippen LogP) is 4.23. The standard InChI is InChI=1S/C15H16INO/c1-10-3-6-15(18)12(7-10)9-17-13-5-4-11(2)14(16)8-13/h3-8,17-18H,9H2,1-2H3. The van der Waals surface area contributed by atoms with E-state index >= 15 is 0 Å². The van der Waals surface area contributed by atoms with Gasteiger partial charge in [0.1, 0.15) is 5.75 Å².